The first kappa shape index (κ1) is 22.5. The van der Waals surface area contributed by atoms with Crippen molar-refractivity contribution in [2.75, 3.05) is 5.32 Å². The highest BCUT2D eigenvalue weighted by Crippen LogP contribution is 2.42. The number of aromatic nitrogens is 3. The first-order valence-electron chi connectivity index (χ1n) is 10.6. The van der Waals surface area contributed by atoms with Crippen LogP contribution in [0.3, 0.4) is 0 Å². The number of alkyl halides is 3. The van der Waals surface area contributed by atoms with E-state index in [0.717, 1.165) is 18.7 Å². The number of halogens is 5. The van der Waals surface area contributed by atoms with Gasteiger partial charge in [0.1, 0.15) is 11.6 Å². The van der Waals surface area contributed by atoms with Gasteiger partial charge in [0.25, 0.3) is 5.91 Å². The molecule has 5 rings (SSSR count). The van der Waals surface area contributed by atoms with Gasteiger partial charge in [-0.25, -0.2) is 19.3 Å². The third kappa shape index (κ3) is 3.96. The predicted molar refractivity (Wildman–Crippen MR) is 117 cm³/mol. The van der Waals surface area contributed by atoms with E-state index >= 15 is 0 Å². The third-order valence-corrected chi connectivity index (χ3v) is 6.58. The van der Waals surface area contributed by atoms with E-state index < -0.39 is 17.6 Å². The molecule has 11 heteroatoms. The van der Waals surface area contributed by atoms with E-state index in [1.54, 1.807) is 17.0 Å². The average molecular weight is 492 g/mol. The maximum atomic E-state index is 14.8. The maximum Gasteiger partial charge on any atom is 0.417 e. The Morgan fingerprint density at radius 2 is 1.88 bits per heavy atom. The largest absolute Gasteiger partial charge is 0.417 e. The average Bonchev–Trinajstić information content (AvgIpc) is 3.37. The fourth-order valence-electron chi connectivity index (χ4n) is 4.83. The lowest BCUT2D eigenvalue weighted by molar-refractivity contribution is -0.137. The Labute approximate surface area is 197 Å². The standard InChI is InChI=1S/C23H18ClF4N5O/c24-15-9-12(23(26,27)28)11-31-20(15)32-17-10-13-5-6-18(17)33(13)22(34)14-3-1-4-16(25)19(14)21-29-7-2-8-30-21/h1-4,7-9,11,13,17-18H,5-6,10H2,(H,31,32)/t13-,17-,18+/m1/s1. The summed E-state index contributed by atoms with van der Waals surface area (Å²) in [5.74, 6) is -0.695. The lowest BCUT2D eigenvalue weighted by Gasteiger charge is -2.26. The molecule has 0 spiro atoms. The number of hydrogen-bond acceptors (Lipinski definition) is 5. The summed E-state index contributed by atoms with van der Waals surface area (Å²) in [6.07, 6.45) is 1.17. The van der Waals surface area contributed by atoms with Gasteiger partial charge >= 0.3 is 6.18 Å². The van der Waals surface area contributed by atoms with Crippen LogP contribution in [0.4, 0.5) is 23.4 Å². The van der Waals surface area contributed by atoms with E-state index in [-0.39, 0.29) is 51.8 Å². The Hall–Kier alpha value is -3.27. The molecule has 3 aromatic rings. The number of carbonyl (C=O) groups is 1. The van der Waals surface area contributed by atoms with E-state index in [1.165, 1.54) is 24.5 Å². The number of pyridine rings is 1. The quantitative estimate of drug-likeness (QED) is 0.507. The molecule has 4 heterocycles. The molecule has 1 N–H and O–H groups in total. The van der Waals surface area contributed by atoms with E-state index in [2.05, 4.69) is 20.3 Å². The maximum absolute atomic E-state index is 14.8. The summed E-state index contributed by atoms with van der Waals surface area (Å²) in [5, 5.41) is 2.96. The molecule has 2 aliphatic rings. The fraction of sp³-hybridized carbons (Fsp3) is 0.304. The number of anilines is 1. The summed E-state index contributed by atoms with van der Waals surface area (Å²) in [4.78, 5) is 27.4. The lowest BCUT2D eigenvalue weighted by Crippen LogP contribution is -2.40. The van der Waals surface area contributed by atoms with E-state index in [4.69, 9.17) is 11.6 Å². The summed E-state index contributed by atoms with van der Waals surface area (Å²) in [6, 6.07) is 6.09. The molecule has 34 heavy (non-hydrogen) atoms. The minimum absolute atomic E-state index is 0.0383. The van der Waals surface area contributed by atoms with Crippen LogP contribution in [-0.4, -0.2) is 43.9 Å². The second-order valence-electron chi connectivity index (χ2n) is 8.28. The Morgan fingerprint density at radius 3 is 2.59 bits per heavy atom. The van der Waals surface area contributed by atoms with Crippen LogP contribution in [0.5, 0.6) is 0 Å². The SMILES string of the molecule is O=C(c1cccc(F)c1-c1ncccn1)N1[C@@H]2CC[C@H]1[C@H](Nc1ncc(C(F)(F)F)cc1Cl)C2. The summed E-state index contributed by atoms with van der Waals surface area (Å²) >= 11 is 6.06. The minimum Gasteiger partial charge on any atom is -0.364 e. The third-order valence-electron chi connectivity index (χ3n) is 6.30. The molecule has 2 saturated heterocycles. The number of nitrogens with zero attached hydrogens (tertiary/aromatic N) is 4. The molecule has 2 aliphatic heterocycles. The van der Waals surface area contributed by atoms with Gasteiger partial charge in [0.05, 0.1) is 27.8 Å². The smallest absolute Gasteiger partial charge is 0.364 e. The van der Waals surface area contributed by atoms with Crippen LogP contribution in [0.15, 0.2) is 48.9 Å². The Balaban J connectivity index is 1.41. The molecule has 0 saturated carbocycles. The monoisotopic (exact) mass is 491 g/mol. The molecule has 176 valence electrons. The molecule has 3 atom stereocenters. The zero-order chi connectivity index (χ0) is 24.0. The summed E-state index contributed by atoms with van der Waals surface area (Å²) in [5.41, 5.74) is -0.736. The molecule has 2 fully saturated rings. The highest BCUT2D eigenvalue weighted by atomic mass is 35.5. The summed E-state index contributed by atoms with van der Waals surface area (Å²) < 4.78 is 53.5. The van der Waals surface area contributed by atoms with Crippen LogP contribution in [0.1, 0.15) is 35.2 Å². The summed E-state index contributed by atoms with van der Waals surface area (Å²) in [7, 11) is 0. The van der Waals surface area contributed by atoms with Gasteiger partial charge in [0.15, 0.2) is 5.82 Å². The molecule has 0 aliphatic carbocycles. The first-order chi connectivity index (χ1) is 16.2. The van der Waals surface area contributed by atoms with Gasteiger partial charge in [-0.1, -0.05) is 17.7 Å². The van der Waals surface area contributed by atoms with Crippen molar-refractivity contribution in [3.05, 3.63) is 70.9 Å². The lowest BCUT2D eigenvalue weighted by atomic mass is 9.95. The van der Waals surface area contributed by atoms with Gasteiger partial charge in [0.2, 0.25) is 0 Å². The zero-order valence-electron chi connectivity index (χ0n) is 17.6. The molecule has 6 nitrogen and oxygen atoms in total. The Bertz CT molecular complexity index is 1240. The Morgan fingerprint density at radius 1 is 1.12 bits per heavy atom. The van der Waals surface area contributed by atoms with Crippen LogP contribution in [0.25, 0.3) is 11.4 Å². The van der Waals surface area contributed by atoms with Crippen molar-refractivity contribution < 1.29 is 22.4 Å². The highest BCUT2D eigenvalue weighted by Gasteiger charge is 2.49. The van der Waals surface area contributed by atoms with E-state index in [1.807, 2.05) is 0 Å². The van der Waals surface area contributed by atoms with Gasteiger partial charge < -0.3 is 10.2 Å². The first-order valence-corrected chi connectivity index (χ1v) is 11.0. The van der Waals surface area contributed by atoms with Crippen molar-refractivity contribution in [1.29, 1.82) is 0 Å². The summed E-state index contributed by atoms with van der Waals surface area (Å²) in [6.45, 7) is 0. The molecule has 1 amide bonds. The molecule has 2 bridgehead atoms. The van der Waals surface area contributed by atoms with Crippen molar-refractivity contribution in [1.82, 2.24) is 19.9 Å². The van der Waals surface area contributed by atoms with Crippen molar-refractivity contribution in [3.63, 3.8) is 0 Å². The highest BCUT2D eigenvalue weighted by molar-refractivity contribution is 6.33. The fourth-order valence-corrected chi connectivity index (χ4v) is 5.05. The van der Waals surface area contributed by atoms with Crippen molar-refractivity contribution >= 4 is 23.3 Å². The Kier molecular flexibility index (Phi) is 5.63. The second-order valence-corrected chi connectivity index (χ2v) is 8.69. The predicted octanol–water partition coefficient (Wildman–Crippen LogP) is 5.21. The molecule has 2 aromatic heterocycles. The molecular weight excluding hydrogens is 474 g/mol. The van der Waals surface area contributed by atoms with Crippen LogP contribution in [-0.2, 0) is 6.18 Å². The van der Waals surface area contributed by atoms with Gasteiger partial charge in [-0.3, -0.25) is 4.79 Å². The molecule has 1 aromatic carbocycles. The minimum atomic E-state index is -4.55. The number of amides is 1. The van der Waals surface area contributed by atoms with Gasteiger partial charge in [-0.05, 0) is 43.5 Å². The molecule has 0 radical (unpaired) electrons. The van der Waals surface area contributed by atoms with Crippen molar-refractivity contribution in [2.24, 2.45) is 0 Å². The number of fused-ring (bicyclic) bond motifs is 2. The second kappa shape index (κ2) is 8.50. The van der Waals surface area contributed by atoms with Crippen molar-refractivity contribution in [3.8, 4) is 11.4 Å². The number of hydrogen-bond donors (Lipinski definition) is 1. The van der Waals surface area contributed by atoms with E-state index in [0.29, 0.717) is 12.8 Å². The number of carbonyl (C=O) groups excluding carboxylic acids is 1. The van der Waals surface area contributed by atoms with Gasteiger partial charge in [-0.2, -0.15) is 13.2 Å². The van der Waals surface area contributed by atoms with Gasteiger partial charge in [-0.15, -0.1) is 0 Å². The normalized spacial score (nSPS) is 21.7. The van der Waals surface area contributed by atoms with E-state index in [9.17, 15) is 22.4 Å². The van der Waals surface area contributed by atoms with Gasteiger partial charge in [0, 0.05) is 30.7 Å². The van der Waals surface area contributed by atoms with Crippen LogP contribution in [0.2, 0.25) is 5.02 Å². The number of nitrogens with one attached hydrogen (secondary N) is 1. The van der Waals surface area contributed by atoms with Crippen LogP contribution in [0, 0.1) is 5.82 Å². The van der Waals surface area contributed by atoms with Crippen LogP contribution < -0.4 is 5.32 Å². The zero-order valence-corrected chi connectivity index (χ0v) is 18.3. The number of benzene rings is 1. The topological polar surface area (TPSA) is 71.0 Å². The molecular formula is C23H18ClF4N5O. The molecule has 0 unspecified atom stereocenters. The number of rotatable bonds is 4. The van der Waals surface area contributed by atoms with Crippen molar-refractivity contribution in [2.45, 2.75) is 43.6 Å². The van der Waals surface area contributed by atoms with Crippen LogP contribution >= 0.6 is 11.6 Å².